The van der Waals surface area contributed by atoms with Crippen LogP contribution in [0.15, 0.2) is 42.7 Å². The summed E-state index contributed by atoms with van der Waals surface area (Å²) in [5.41, 5.74) is 2.57. The van der Waals surface area contributed by atoms with Crippen molar-refractivity contribution in [1.29, 1.82) is 0 Å². The molecule has 3 nitrogen and oxygen atoms in total. The molecule has 3 heteroatoms. The summed E-state index contributed by atoms with van der Waals surface area (Å²) in [6.07, 6.45) is 3.43. The second kappa shape index (κ2) is 4.78. The zero-order chi connectivity index (χ0) is 12.3. The molecule has 0 saturated carbocycles. The first-order valence-electron chi connectivity index (χ1n) is 5.31. The normalized spacial score (nSPS) is 10.0. The number of benzene rings is 1. The maximum atomic E-state index is 11.4. The third-order valence-electron chi connectivity index (χ3n) is 2.60. The number of nitrogens with zero attached hydrogens (tertiary/aromatic N) is 1. The van der Waals surface area contributed by atoms with Gasteiger partial charge in [0.25, 0.3) is 0 Å². The van der Waals surface area contributed by atoms with Crippen molar-refractivity contribution in [2.75, 3.05) is 7.11 Å². The Hall–Kier alpha value is -2.16. The summed E-state index contributed by atoms with van der Waals surface area (Å²) >= 11 is 0. The molecule has 1 aromatic heterocycles. The summed E-state index contributed by atoms with van der Waals surface area (Å²) in [6.45, 7) is 1.55. The molecule has 1 heterocycles. The Kier molecular flexibility index (Phi) is 3.19. The number of rotatable bonds is 3. The van der Waals surface area contributed by atoms with Crippen LogP contribution in [0.5, 0.6) is 5.75 Å². The van der Waals surface area contributed by atoms with E-state index in [1.807, 2.05) is 24.3 Å². The van der Waals surface area contributed by atoms with Crippen LogP contribution in [0.3, 0.4) is 0 Å². The molecule has 0 saturated heterocycles. The first kappa shape index (κ1) is 11.3. The minimum Gasteiger partial charge on any atom is -0.496 e. The molecular weight excluding hydrogens is 214 g/mol. The minimum atomic E-state index is 0.0444. The Morgan fingerprint density at radius 1 is 1.18 bits per heavy atom. The quantitative estimate of drug-likeness (QED) is 0.757. The Bertz CT molecular complexity index is 535. The molecule has 0 unspecified atom stereocenters. The predicted octanol–water partition coefficient (Wildman–Crippen LogP) is 2.96. The Morgan fingerprint density at radius 3 is 2.47 bits per heavy atom. The molecular formula is C14H13NO2. The maximum absolute atomic E-state index is 11.4. The molecule has 0 spiro atoms. The molecule has 0 amide bonds. The van der Waals surface area contributed by atoms with Crippen molar-refractivity contribution >= 4 is 5.78 Å². The van der Waals surface area contributed by atoms with E-state index >= 15 is 0 Å². The van der Waals surface area contributed by atoms with Crippen molar-refractivity contribution in [2.45, 2.75) is 6.92 Å². The van der Waals surface area contributed by atoms with Crippen molar-refractivity contribution in [1.82, 2.24) is 4.98 Å². The second-order valence-electron chi connectivity index (χ2n) is 3.71. The van der Waals surface area contributed by atoms with E-state index in [-0.39, 0.29) is 5.78 Å². The van der Waals surface area contributed by atoms with Crippen LogP contribution in [0, 0.1) is 0 Å². The average Bonchev–Trinajstić information content (AvgIpc) is 2.39. The van der Waals surface area contributed by atoms with Gasteiger partial charge in [0, 0.05) is 23.5 Å². The van der Waals surface area contributed by atoms with E-state index in [2.05, 4.69) is 4.98 Å². The number of ether oxygens (including phenoxy) is 1. The molecule has 0 atom stereocenters. The smallest absolute Gasteiger partial charge is 0.159 e. The standard InChI is InChI=1S/C14H13NO2/c1-10(16)12-3-4-14(17-2)13(9-12)11-5-7-15-8-6-11/h3-9H,1-2H3. The molecule has 2 aromatic rings. The highest BCUT2D eigenvalue weighted by molar-refractivity contribution is 5.96. The van der Waals surface area contributed by atoms with Crippen LogP contribution in [-0.2, 0) is 0 Å². The third-order valence-corrected chi connectivity index (χ3v) is 2.60. The van der Waals surface area contributed by atoms with E-state index in [1.54, 1.807) is 32.5 Å². The lowest BCUT2D eigenvalue weighted by molar-refractivity contribution is 0.101. The summed E-state index contributed by atoms with van der Waals surface area (Å²) < 4.78 is 5.30. The van der Waals surface area contributed by atoms with Crippen molar-refractivity contribution in [2.24, 2.45) is 0 Å². The lowest BCUT2D eigenvalue weighted by atomic mass is 10.0. The summed E-state index contributed by atoms with van der Waals surface area (Å²) in [6, 6.07) is 9.21. The first-order valence-corrected chi connectivity index (χ1v) is 5.31. The van der Waals surface area contributed by atoms with Gasteiger partial charge in [-0.15, -0.1) is 0 Å². The Labute approximate surface area is 100 Å². The van der Waals surface area contributed by atoms with Gasteiger partial charge in [-0.05, 0) is 42.8 Å². The largest absolute Gasteiger partial charge is 0.496 e. The highest BCUT2D eigenvalue weighted by Crippen LogP contribution is 2.30. The number of Topliss-reactive ketones (excluding diaryl/α,β-unsaturated/α-hetero) is 1. The number of hydrogen-bond donors (Lipinski definition) is 0. The van der Waals surface area contributed by atoms with Crippen LogP contribution in [0.1, 0.15) is 17.3 Å². The number of carbonyl (C=O) groups excluding carboxylic acids is 1. The lowest BCUT2D eigenvalue weighted by Crippen LogP contribution is -1.95. The van der Waals surface area contributed by atoms with E-state index in [4.69, 9.17) is 4.74 Å². The predicted molar refractivity (Wildman–Crippen MR) is 66.2 cm³/mol. The zero-order valence-corrected chi connectivity index (χ0v) is 9.81. The number of carbonyl (C=O) groups is 1. The number of hydrogen-bond acceptors (Lipinski definition) is 3. The third kappa shape index (κ3) is 2.33. The van der Waals surface area contributed by atoms with Gasteiger partial charge < -0.3 is 4.74 Å². The van der Waals surface area contributed by atoms with Gasteiger partial charge in [0.15, 0.2) is 5.78 Å². The van der Waals surface area contributed by atoms with Crippen LogP contribution in [-0.4, -0.2) is 17.9 Å². The van der Waals surface area contributed by atoms with Gasteiger partial charge in [-0.2, -0.15) is 0 Å². The van der Waals surface area contributed by atoms with Crippen molar-refractivity contribution in [3.8, 4) is 16.9 Å². The molecule has 1 aromatic carbocycles. The fourth-order valence-corrected chi connectivity index (χ4v) is 1.68. The second-order valence-corrected chi connectivity index (χ2v) is 3.71. The maximum Gasteiger partial charge on any atom is 0.159 e. The van der Waals surface area contributed by atoms with Crippen molar-refractivity contribution in [3.63, 3.8) is 0 Å². The number of ketones is 1. The van der Waals surface area contributed by atoms with Gasteiger partial charge in [-0.1, -0.05) is 0 Å². The molecule has 0 N–H and O–H groups in total. The highest BCUT2D eigenvalue weighted by atomic mass is 16.5. The average molecular weight is 227 g/mol. The number of methoxy groups -OCH3 is 1. The van der Waals surface area contributed by atoms with Crippen molar-refractivity contribution in [3.05, 3.63) is 48.3 Å². The molecule has 86 valence electrons. The molecule has 0 aliphatic heterocycles. The number of pyridine rings is 1. The minimum absolute atomic E-state index is 0.0444. The topological polar surface area (TPSA) is 39.2 Å². The summed E-state index contributed by atoms with van der Waals surface area (Å²) in [5.74, 6) is 0.796. The summed E-state index contributed by atoms with van der Waals surface area (Å²) in [5, 5.41) is 0. The summed E-state index contributed by atoms with van der Waals surface area (Å²) in [7, 11) is 1.62. The zero-order valence-electron chi connectivity index (χ0n) is 9.81. The van der Waals surface area contributed by atoms with E-state index < -0.39 is 0 Å². The Balaban J connectivity index is 2.58. The summed E-state index contributed by atoms with van der Waals surface area (Å²) in [4.78, 5) is 15.4. The van der Waals surface area contributed by atoms with Crippen LogP contribution in [0.4, 0.5) is 0 Å². The van der Waals surface area contributed by atoms with Gasteiger partial charge >= 0.3 is 0 Å². The molecule has 0 aliphatic rings. The molecule has 17 heavy (non-hydrogen) atoms. The molecule has 2 rings (SSSR count). The number of aromatic nitrogens is 1. The van der Waals surface area contributed by atoms with Crippen LogP contribution in [0.2, 0.25) is 0 Å². The van der Waals surface area contributed by atoms with E-state index in [1.165, 1.54) is 0 Å². The van der Waals surface area contributed by atoms with Crippen LogP contribution >= 0.6 is 0 Å². The van der Waals surface area contributed by atoms with Gasteiger partial charge in [0.2, 0.25) is 0 Å². The van der Waals surface area contributed by atoms with E-state index in [0.29, 0.717) is 5.56 Å². The van der Waals surface area contributed by atoms with Gasteiger partial charge in [-0.25, -0.2) is 0 Å². The lowest BCUT2D eigenvalue weighted by Gasteiger charge is -2.09. The first-order chi connectivity index (χ1) is 8.22. The van der Waals surface area contributed by atoms with Gasteiger partial charge in [-0.3, -0.25) is 9.78 Å². The SMILES string of the molecule is COc1ccc(C(C)=O)cc1-c1ccncc1. The fourth-order valence-electron chi connectivity index (χ4n) is 1.68. The molecule has 0 radical (unpaired) electrons. The molecule has 0 bridgehead atoms. The van der Waals surface area contributed by atoms with Gasteiger partial charge in [0.05, 0.1) is 7.11 Å². The van der Waals surface area contributed by atoms with Crippen molar-refractivity contribution < 1.29 is 9.53 Å². The fraction of sp³-hybridized carbons (Fsp3) is 0.143. The van der Waals surface area contributed by atoms with E-state index in [0.717, 1.165) is 16.9 Å². The van der Waals surface area contributed by atoms with E-state index in [9.17, 15) is 4.79 Å². The van der Waals surface area contributed by atoms with Crippen LogP contribution < -0.4 is 4.74 Å². The molecule has 0 fully saturated rings. The monoisotopic (exact) mass is 227 g/mol. The molecule has 0 aliphatic carbocycles. The van der Waals surface area contributed by atoms with Crippen LogP contribution in [0.25, 0.3) is 11.1 Å². The highest BCUT2D eigenvalue weighted by Gasteiger charge is 2.08. The van der Waals surface area contributed by atoms with Gasteiger partial charge in [0.1, 0.15) is 5.75 Å². The Morgan fingerprint density at radius 2 is 1.88 bits per heavy atom.